The van der Waals surface area contributed by atoms with Crippen LogP contribution in [0.15, 0.2) is 30.3 Å². The standard InChI is InChI=1S/C15H20ClNO4/c1-20-11-10-17(9-8-13(18)21-2)15(19)14(16)12-6-4-3-5-7-12/h3-7,14H,8-11H2,1-2H3. The Morgan fingerprint density at radius 1 is 1.19 bits per heavy atom. The summed E-state index contributed by atoms with van der Waals surface area (Å²) in [5.41, 5.74) is 0.727. The second-order valence-electron chi connectivity index (χ2n) is 4.42. The fourth-order valence-electron chi connectivity index (χ4n) is 1.79. The van der Waals surface area contributed by atoms with E-state index in [1.807, 2.05) is 18.2 Å². The van der Waals surface area contributed by atoms with Crippen molar-refractivity contribution in [2.75, 3.05) is 33.9 Å². The molecule has 0 radical (unpaired) electrons. The van der Waals surface area contributed by atoms with E-state index in [9.17, 15) is 9.59 Å². The highest BCUT2D eigenvalue weighted by Crippen LogP contribution is 2.22. The van der Waals surface area contributed by atoms with E-state index in [2.05, 4.69) is 4.74 Å². The van der Waals surface area contributed by atoms with E-state index >= 15 is 0 Å². The van der Waals surface area contributed by atoms with Crippen LogP contribution in [0.5, 0.6) is 0 Å². The van der Waals surface area contributed by atoms with Gasteiger partial charge in [0.1, 0.15) is 5.38 Å². The Morgan fingerprint density at radius 2 is 1.86 bits per heavy atom. The number of nitrogens with zero attached hydrogens (tertiary/aromatic N) is 1. The molecule has 1 rings (SSSR count). The van der Waals surface area contributed by atoms with Gasteiger partial charge in [-0.15, -0.1) is 11.6 Å². The van der Waals surface area contributed by atoms with Gasteiger partial charge in [-0.25, -0.2) is 0 Å². The first-order valence-corrected chi connectivity index (χ1v) is 7.07. The highest BCUT2D eigenvalue weighted by Gasteiger charge is 2.24. The maximum atomic E-state index is 12.4. The highest BCUT2D eigenvalue weighted by atomic mass is 35.5. The third kappa shape index (κ3) is 5.73. The molecule has 0 aliphatic heterocycles. The van der Waals surface area contributed by atoms with Gasteiger partial charge in [0, 0.05) is 20.2 Å². The lowest BCUT2D eigenvalue weighted by Gasteiger charge is -2.24. The molecule has 1 atom stereocenters. The molecule has 1 unspecified atom stereocenters. The first-order chi connectivity index (χ1) is 10.1. The molecule has 0 heterocycles. The Kier molecular flexibility index (Phi) is 7.79. The maximum absolute atomic E-state index is 12.4. The quantitative estimate of drug-likeness (QED) is 0.544. The summed E-state index contributed by atoms with van der Waals surface area (Å²) in [7, 11) is 2.87. The molecule has 0 spiro atoms. The Labute approximate surface area is 129 Å². The van der Waals surface area contributed by atoms with Crippen molar-refractivity contribution in [3.05, 3.63) is 35.9 Å². The lowest BCUT2D eigenvalue weighted by atomic mass is 10.1. The second-order valence-corrected chi connectivity index (χ2v) is 4.85. The molecule has 116 valence electrons. The van der Waals surface area contributed by atoms with Crippen LogP contribution in [-0.4, -0.2) is 50.7 Å². The Hall–Kier alpha value is -1.59. The molecule has 0 N–H and O–H groups in total. The van der Waals surface area contributed by atoms with Crippen LogP contribution in [0, 0.1) is 0 Å². The summed E-state index contributed by atoms with van der Waals surface area (Å²) < 4.78 is 9.58. The average Bonchev–Trinajstić information content (AvgIpc) is 2.54. The van der Waals surface area contributed by atoms with Crippen molar-refractivity contribution in [2.24, 2.45) is 0 Å². The first kappa shape index (κ1) is 17.5. The van der Waals surface area contributed by atoms with E-state index in [0.29, 0.717) is 13.2 Å². The van der Waals surface area contributed by atoms with Gasteiger partial charge in [0.25, 0.3) is 0 Å². The van der Waals surface area contributed by atoms with Crippen molar-refractivity contribution < 1.29 is 19.1 Å². The van der Waals surface area contributed by atoms with Gasteiger partial charge in [0.2, 0.25) is 5.91 Å². The number of hydrogen-bond acceptors (Lipinski definition) is 4. The van der Waals surface area contributed by atoms with Gasteiger partial charge < -0.3 is 14.4 Å². The summed E-state index contributed by atoms with van der Waals surface area (Å²) in [4.78, 5) is 25.2. The van der Waals surface area contributed by atoms with E-state index in [4.69, 9.17) is 16.3 Å². The molecule has 1 amide bonds. The van der Waals surface area contributed by atoms with Gasteiger partial charge in [-0.05, 0) is 5.56 Å². The zero-order chi connectivity index (χ0) is 15.7. The molecule has 0 aliphatic rings. The summed E-state index contributed by atoms with van der Waals surface area (Å²) in [6.45, 7) is 1.01. The normalized spacial score (nSPS) is 11.8. The largest absolute Gasteiger partial charge is 0.469 e. The molecule has 6 heteroatoms. The van der Waals surface area contributed by atoms with Gasteiger partial charge in [-0.1, -0.05) is 30.3 Å². The highest BCUT2D eigenvalue weighted by molar-refractivity contribution is 6.30. The number of halogens is 1. The van der Waals surface area contributed by atoms with Crippen LogP contribution < -0.4 is 0 Å². The number of alkyl halides is 1. The van der Waals surface area contributed by atoms with Gasteiger partial charge in [0.15, 0.2) is 0 Å². The van der Waals surface area contributed by atoms with Crippen molar-refractivity contribution in [3.63, 3.8) is 0 Å². The molecule has 1 aromatic rings. The second kappa shape index (κ2) is 9.37. The molecule has 0 aliphatic carbocycles. The number of carbonyl (C=O) groups excluding carboxylic acids is 2. The molecule has 0 fully saturated rings. The van der Waals surface area contributed by atoms with Crippen molar-refractivity contribution in [3.8, 4) is 0 Å². The average molecular weight is 314 g/mol. The van der Waals surface area contributed by atoms with E-state index in [-0.39, 0.29) is 24.8 Å². The topological polar surface area (TPSA) is 55.8 Å². The van der Waals surface area contributed by atoms with E-state index < -0.39 is 5.38 Å². The lowest BCUT2D eigenvalue weighted by molar-refractivity contribution is -0.141. The number of benzene rings is 1. The van der Waals surface area contributed by atoms with Crippen LogP contribution in [0.4, 0.5) is 0 Å². The number of methoxy groups -OCH3 is 2. The molecule has 1 aromatic carbocycles. The van der Waals surface area contributed by atoms with E-state index in [1.54, 1.807) is 19.2 Å². The van der Waals surface area contributed by atoms with Crippen LogP contribution in [0.3, 0.4) is 0 Å². The van der Waals surface area contributed by atoms with Crippen molar-refractivity contribution in [1.82, 2.24) is 4.90 Å². The zero-order valence-corrected chi connectivity index (χ0v) is 13.0. The summed E-state index contributed by atoms with van der Waals surface area (Å²) in [6.07, 6.45) is 0.129. The fourth-order valence-corrected chi connectivity index (χ4v) is 2.07. The molecule has 0 aromatic heterocycles. The molecular weight excluding hydrogens is 294 g/mol. The van der Waals surface area contributed by atoms with Gasteiger partial charge >= 0.3 is 5.97 Å². The van der Waals surface area contributed by atoms with Crippen LogP contribution in [0.2, 0.25) is 0 Å². The molecule has 0 bridgehead atoms. The Balaban J connectivity index is 2.71. The van der Waals surface area contributed by atoms with Crippen LogP contribution in [-0.2, 0) is 19.1 Å². The number of hydrogen-bond donors (Lipinski definition) is 0. The van der Waals surface area contributed by atoms with E-state index in [0.717, 1.165) is 5.56 Å². The zero-order valence-electron chi connectivity index (χ0n) is 12.3. The molecular formula is C15H20ClNO4. The minimum absolute atomic E-state index is 0.129. The predicted octanol–water partition coefficient (Wildman–Crippen LogP) is 2.00. The number of ether oxygens (including phenoxy) is 2. The van der Waals surface area contributed by atoms with Gasteiger partial charge in [-0.2, -0.15) is 0 Å². The summed E-state index contributed by atoms with van der Waals surface area (Å²) in [5.74, 6) is -0.611. The Morgan fingerprint density at radius 3 is 2.43 bits per heavy atom. The number of esters is 1. The van der Waals surface area contributed by atoms with Crippen LogP contribution in [0.1, 0.15) is 17.4 Å². The first-order valence-electron chi connectivity index (χ1n) is 6.63. The fraction of sp³-hybridized carbons (Fsp3) is 0.467. The minimum Gasteiger partial charge on any atom is -0.469 e. The molecule has 5 nitrogen and oxygen atoms in total. The predicted molar refractivity (Wildman–Crippen MR) is 80.1 cm³/mol. The third-order valence-electron chi connectivity index (χ3n) is 3.00. The van der Waals surface area contributed by atoms with E-state index in [1.165, 1.54) is 12.0 Å². The number of carbonyl (C=O) groups is 2. The SMILES string of the molecule is COCCN(CCC(=O)OC)C(=O)C(Cl)c1ccccc1. The van der Waals surface area contributed by atoms with Gasteiger partial charge in [0.05, 0.1) is 20.1 Å². The molecule has 21 heavy (non-hydrogen) atoms. The maximum Gasteiger partial charge on any atom is 0.307 e. The van der Waals surface area contributed by atoms with Crippen LogP contribution in [0.25, 0.3) is 0 Å². The molecule has 0 saturated heterocycles. The summed E-state index contributed by atoms with van der Waals surface area (Å²) >= 11 is 6.23. The van der Waals surface area contributed by atoms with Crippen molar-refractivity contribution >= 4 is 23.5 Å². The van der Waals surface area contributed by atoms with Gasteiger partial charge in [-0.3, -0.25) is 9.59 Å². The van der Waals surface area contributed by atoms with Crippen molar-refractivity contribution in [1.29, 1.82) is 0 Å². The lowest BCUT2D eigenvalue weighted by Crippen LogP contribution is -2.37. The van der Waals surface area contributed by atoms with Crippen molar-refractivity contribution in [2.45, 2.75) is 11.8 Å². The summed E-state index contributed by atoms with van der Waals surface area (Å²) in [5, 5.41) is -0.777. The summed E-state index contributed by atoms with van der Waals surface area (Å²) in [6, 6.07) is 9.10. The molecule has 0 saturated carbocycles. The monoisotopic (exact) mass is 313 g/mol. The van der Waals surface area contributed by atoms with Crippen LogP contribution >= 0.6 is 11.6 Å². The Bertz CT molecular complexity index is 452. The smallest absolute Gasteiger partial charge is 0.307 e. The third-order valence-corrected chi connectivity index (χ3v) is 3.44. The number of amides is 1. The minimum atomic E-state index is -0.777. The number of rotatable bonds is 8.